The van der Waals surface area contributed by atoms with Gasteiger partial charge in [0.15, 0.2) is 0 Å². The van der Waals surface area contributed by atoms with Gasteiger partial charge in [-0.3, -0.25) is 0 Å². The van der Waals surface area contributed by atoms with Crippen LogP contribution in [0.3, 0.4) is 0 Å². The Morgan fingerprint density at radius 1 is 0.737 bits per heavy atom. The molecule has 0 spiro atoms. The van der Waals surface area contributed by atoms with Gasteiger partial charge in [-0.05, 0) is 5.56 Å². The fourth-order valence-electron chi connectivity index (χ4n) is 1.92. The lowest BCUT2D eigenvalue weighted by molar-refractivity contribution is 0.749. The summed E-state index contributed by atoms with van der Waals surface area (Å²) in [6.07, 6.45) is -3.28. The van der Waals surface area contributed by atoms with Crippen LogP contribution in [0, 0.1) is 0 Å². The van der Waals surface area contributed by atoms with Gasteiger partial charge in [-0.2, -0.15) is 11.1 Å². The van der Waals surface area contributed by atoms with Gasteiger partial charge in [0, 0.05) is 5.04 Å². The molecular weight excluding hydrogens is 441 g/mol. The quantitative estimate of drug-likeness (QED) is 0.380. The third kappa shape index (κ3) is 3.46. The SMILES string of the molecule is CC(C)(c1ccccc1)[Si](Cl)([Si](Cl)(Cl)Cl)[Si](Cl)(Cl)Cl. The highest BCUT2D eigenvalue weighted by Gasteiger charge is 2.74. The minimum Gasteiger partial charge on any atom is -0.164 e. The van der Waals surface area contributed by atoms with E-state index in [9.17, 15) is 0 Å². The Hall–Kier alpha value is 1.90. The van der Waals surface area contributed by atoms with E-state index in [0.29, 0.717) is 0 Å². The van der Waals surface area contributed by atoms with E-state index in [1.807, 2.05) is 44.2 Å². The smallest absolute Gasteiger partial charge is 0.164 e. The maximum absolute atomic E-state index is 6.79. The van der Waals surface area contributed by atoms with Crippen LogP contribution in [0.1, 0.15) is 19.4 Å². The Balaban J connectivity index is 3.51. The Morgan fingerprint density at radius 3 is 1.42 bits per heavy atom. The van der Waals surface area contributed by atoms with Crippen molar-refractivity contribution in [3.8, 4) is 0 Å². The zero-order chi connectivity index (χ0) is 15.1. The monoisotopic (exact) mass is 448 g/mol. The predicted octanol–water partition coefficient (Wildman–Crippen LogP) is 6.16. The Kier molecular flexibility index (Phi) is 6.17. The number of rotatable bonds is 4. The van der Waals surface area contributed by atoms with Gasteiger partial charge in [-0.15, -0.1) is 66.5 Å². The molecule has 0 atom stereocenters. The van der Waals surface area contributed by atoms with Gasteiger partial charge in [0.25, 0.3) is 6.42 Å². The molecule has 0 aliphatic carbocycles. The molecule has 0 saturated heterocycles. The van der Waals surface area contributed by atoms with Gasteiger partial charge < -0.3 is 0 Å². The highest BCUT2D eigenvalue weighted by molar-refractivity contribution is 8.18. The first-order chi connectivity index (χ1) is 8.36. The molecule has 0 heterocycles. The number of benzene rings is 1. The van der Waals surface area contributed by atoms with Crippen molar-refractivity contribution in [2.24, 2.45) is 0 Å². The molecule has 0 aliphatic rings. The normalized spacial score (nSPS) is 14.6. The van der Waals surface area contributed by atoms with Gasteiger partial charge in [0.1, 0.15) is 0 Å². The van der Waals surface area contributed by atoms with Gasteiger partial charge in [-0.25, -0.2) is 0 Å². The van der Waals surface area contributed by atoms with Crippen molar-refractivity contribution in [2.75, 3.05) is 0 Å². The molecule has 1 aromatic carbocycles. The molecule has 0 saturated carbocycles. The lowest BCUT2D eigenvalue weighted by Crippen LogP contribution is -2.72. The van der Waals surface area contributed by atoms with Crippen LogP contribution in [0.2, 0.25) is 0 Å². The van der Waals surface area contributed by atoms with E-state index >= 15 is 0 Å². The van der Waals surface area contributed by atoms with Crippen LogP contribution in [-0.2, 0) is 5.04 Å². The lowest BCUT2D eigenvalue weighted by Gasteiger charge is -2.45. The van der Waals surface area contributed by atoms with Crippen molar-refractivity contribution in [1.82, 2.24) is 0 Å². The van der Waals surface area contributed by atoms with Crippen molar-refractivity contribution in [3.63, 3.8) is 0 Å². The molecule has 0 nitrogen and oxygen atoms in total. The van der Waals surface area contributed by atoms with Crippen LogP contribution in [0.4, 0.5) is 0 Å². The largest absolute Gasteiger partial charge is 0.344 e. The zero-order valence-electron chi connectivity index (χ0n) is 10.0. The second-order valence-electron chi connectivity index (χ2n) is 4.65. The summed E-state index contributed by atoms with van der Waals surface area (Å²) in [5, 5.41) is -0.648. The van der Waals surface area contributed by atoms with Crippen LogP contribution >= 0.6 is 77.6 Å². The van der Waals surface area contributed by atoms with Crippen molar-refractivity contribution in [1.29, 1.82) is 0 Å². The topological polar surface area (TPSA) is 0 Å². The highest BCUT2D eigenvalue weighted by atomic mass is 35.9. The van der Waals surface area contributed by atoms with Gasteiger partial charge in [0.2, 0.25) is 0 Å². The third-order valence-corrected chi connectivity index (χ3v) is 57.5. The molecule has 0 aromatic heterocycles. The Labute approximate surface area is 148 Å². The maximum Gasteiger partial charge on any atom is 0.344 e. The van der Waals surface area contributed by atoms with Gasteiger partial charge in [-0.1, -0.05) is 44.2 Å². The fraction of sp³-hybridized carbons (Fsp3) is 0.333. The fourth-order valence-corrected chi connectivity index (χ4v) is 61.0. The molecule has 10 heteroatoms. The van der Waals surface area contributed by atoms with Gasteiger partial charge in [0.05, 0.1) is 0 Å². The number of hydrogen-bond donors (Lipinski definition) is 0. The van der Waals surface area contributed by atoms with Crippen molar-refractivity contribution in [2.45, 2.75) is 18.9 Å². The molecular formula is C9H11Cl7Si3. The Bertz CT molecular complexity index is 423. The van der Waals surface area contributed by atoms with E-state index in [-0.39, 0.29) is 0 Å². The maximum atomic E-state index is 6.79. The van der Waals surface area contributed by atoms with Gasteiger partial charge >= 0.3 is 11.0 Å². The lowest BCUT2D eigenvalue weighted by atomic mass is 10.0. The summed E-state index contributed by atoms with van der Waals surface area (Å²) in [4.78, 5) is 0. The summed E-state index contributed by atoms with van der Waals surface area (Å²) >= 11 is 44.2. The van der Waals surface area contributed by atoms with Crippen LogP contribution in [0.5, 0.6) is 0 Å². The third-order valence-electron chi connectivity index (χ3n) is 3.14. The predicted molar refractivity (Wildman–Crippen MR) is 97.7 cm³/mol. The summed E-state index contributed by atoms with van der Waals surface area (Å²) in [6.45, 7) is 3.79. The summed E-state index contributed by atoms with van der Waals surface area (Å²) in [5.74, 6) is 0. The Morgan fingerprint density at radius 2 is 1.11 bits per heavy atom. The summed E-state index contributed by atoms with van der Waals surface area (Å²) in [6, 6.07) is 9.52. The first-order valence-corrected chi connectivity index (χ1v) is 20.3. The molecule has 0 bridgehead atoms. The van der Waals surface area contributed by atoms with Crippen LogP contribution < -0.4 is 0 Å². The van der Waals surface area contributed by atoms with Crippen LogP contribution in [-0.4, -0.2) is 17.5 Å². The molecule has 108 valence electrons. The second-order valence-corrected chi connectivity index (χ2v) is 42.7. The molecule has 0 unspecified atom stereocenters. The summed E-state index contributed by atoms with van der Waals surface area (Å²) < 4.78 is 0. The highest BCUT2D eigenvalue weighted by Crippen LogP contribution is 2.54. The van der Waals surface area contributed by atoms with E-state index in [1.54, 1.807) is 0 Å². The molecule has 0 N–H and O–H groups in total. The minimum atomic E-state index is -3.38. The van der Waals surface area contributed by atoms with Crippen molar-refractivity contribution < 1.29 is 0 Å². The molecule has 1 rings (SSSR count). The summed E-state index contributed by atoms with van der Waals surface area (Å²) in [7, 11) is 0. The number of halogens is 7. The van der Waals surface area contributed by atoms with Crippen LogP contribution in [0.15, 0.2) is 30.3 Å². The molecule has 0 amide bonds. The van der Waals surface area contributed by atoms with E-state index in [0.717, 1.165) is 5.56 Å². The van der Waals surface area contributed by atoms with E-state index in [4.69, 9.17) is 77.6 Å². The van der Waals surface area contributed by atoms with Crippen LogP contribution in [0.25, 0.3) is 0 Å². The average Bonchev–Trinajstić information content (AvgIpc) is 2.26. The molecule has 0 aliphatic heterocycles. The standard InChI is InChI=1S/C9H11Cl7Si3/c1-9(2,8-6-4-3-5-7-8)17(10,18(11,12)13)19(14,15)16/h3-7H,1-2H3. The summed E-state index contributed by atoms with van der Waals surface area (Å²) in [5.41, 5.74) is -5.83. The van der Waals surface area contributed by atoms with E-state index in [2.05, 4.69) is 0 Å². The first-order valence-electron chi connectivity index (χ1n) is 5.23. The molecule has 0 fully saturated rings. The van der Waals surface area contributed by atoms with Crippen molar-refractivity contribution >= 4 is 95.0 Å². The molecule has 1 aromatic rings. The first kappa shape index (κ1) is 18.9. The van der Waals surface area contributed by atoms with E-state index in [1.165, 1.54) is 0 Å². The molecule has 0 radical (unpaired) electrons. The second kappa shape index (κ2) is 6.19. The zero-order valence-corrected chi connectivity index (χ0v) is 18.3. The minimum absolute atomic E-state index is 0.648. The number of hydrogen-bond acceptors (Lipinski definition) is 0. The van der Waals surface area contributed by atoms with Crippen molar-refractivity contribution in [3.05, 3.63) is 35.9 Å². The molecule has 19 heavy (non-hydrogen) atoms. The van der Waals surface area contributed by atoms with E-state index < -0.39 is 22.5 Å². The average molecular weight is 452 g/mol.